The molecular weight excluding hydrogens is 333 g/mol. The van der Waals surface area contributed by atoms with Crippen molar-refractivity contribution in [3.05, 3.63) is 41.3 Å². The van der Waals surface area contributed by atoms with Crippen molar-refractivity contribution in [2.45, 2.75) is 19.1 Å². The monoisotopic (exact) mass is 353 g/mol. The number of pyridine rings is 1. The van der Waals surface area contributed by atoms with E-state index >= 15 is 0 Å². The summed E-state index contributed by atoms with van der Waals surface area (Å²) < 4.78 is 21.9. The van der Waals surface area contributed by atoms with Crippen molar-refractivity contribution in [2.75, 3.05) is 31.6 Å². The number of aromatic nitrogens is 3. The van der Waals surface area contributed by atoms with Crippen LogP contribution in [0, 0.1) is 5.82 Å². The van der Waals surface area contributed by atoms with Crippen molar-refractivity contribution in [3.8, 4) is 0 Å². The lowest BCUT2D eigenvalue weighted by molar-refractivity contribution is -0.0675. The molecule has 1 saturated heterocycles. The highest BCUT2D eigenvalue weighted by Crippen LogP contribution is 2.28. The Bertz CT molecular complexity index is 695. The number of halogens is 2. The molecule has 0 aromatic carbocycles. The summed E-state index contributed by atoms with van der Waals surface area (Å²) in [6, 6.07) is 1.25. The average molecular weight is 354 g/mol. The molecule has 24 heavy (non-hydrogen) atoms. The average Bonchev–Trinajstić information content (AvgIpc) is 2.99. The van der Waals surface area contributed by atoms with E-state index in [1.165, 1.54) is 12.3 Å². The first kappa shape index (κ1) is 17.1. The van der Waals surface area contributed by atoms with Crippen molar-refractivity contribution in [3.63, 3.8) is 0 Å². The fourth-order valence-corrected chi connectivity index (χ4v) is 3.19. The van der Waals surface area contributed by atoms with Crippen molar-refractivity contribution in [2.24, 2.45) is 7.05 Å². The maximum absolute atomic E-state index is 13.9. The number of morpholine rings is 1. The van der Waals surface area contributed by atoms with Gasteiger partial charge in [0.25, 0.3) is 0 Å². The van der Waals surface area contributed by atoms with Gasteiger partial charge in [-0.05, 0) is 12.6 Å². The highest BCUT2D eigenvalue weighted by Gasteiger charge is 2.35. The van der Waals surface area contributed by atoms with E-state index in [4.69, 9.17) is 16.3 Å². The van der Waals surface area contributed by atoms with Gasteiger partial charge in [-0.2, -0.15) is 0 Å². The van der Waals surface area contributed by atoms with E-state index in [-0.39, 0.29) is 23.0 Å². The number of aryl methyl sites for hydroxylation is 1. The molecule has 1 aliphatic heterocycles. The molecule has 0 amide bonds. The number of anilines is 1. The predicted molar refractivity (Wildman–Crippen MR) is 90.6 cm³/mol. The molecular formula is C16H21ClFN5O. The molecule has 130 valence electrons. The molecule has 0 radical (unpaired) electrons. The van der Waals surface area contributed by atoms with Gasteiger partial charge in [-0.15, -0.1) is 0 Å². The molecule has 1 aliphatic rings. The van der Waals surface area contributed by atoms with Crippen LogP contribution in [-0.4, -0.2) is 51.8 Å². The zero-order chi connectivity index (χ0) is 17.1. The van der Waals surface area contributed by atoms with Crippen LogP contribution in [0.3, 0.4) is 0 Å². The molecule has 2 aromatic heterocycles. The van der Waals surface area contributed by atoms with Gasteiger partial charge >= 0.3 is 0 Å². The van der Waals surface area contributed by atoms with E-state index in [2.05, 4.69) is 27.1 Å². The Kier molecular flexibility index (Phi) is 5.33. The number of imidazole rings is 1. The normalized spacial score (nSPS) is 21.8. The van der Waals surface area contributed by atoms with Crippen LogP contribution in [0.15, 0.2) is 24.7 Å². The summed E-state index contributed by atoms with van der Waals surface area (Å²) in [6.07, 6.45) is 4.96. The lowest BCUT2D eigenvalue weighted by Gasteiger charge is -2.40. The molecule has 2 atom stereocenters. The second-order valence-electron chi connectivity index (χ2n) is 5.74. The summed E-state index contributed by atoms with van der Waals surface area (Å²) in [5, 5.41) is 3.31. The Morgan fingerprint density at radius 1 is 1.46 bits per heavy atom. The molecule has 3 rings (SSSR count). The van der Waals surface area contributed by atoms with Crippen molar-refractivity contribution in [1.82, 2.24) is 19.4 Å². The minimum absolute atomic E-state index is 0.00612. The van der Waals surface area contributed by atoms with Crippen LogP contribution in [0.25, 0.3) is 0 Å². The molecule has 6 nitrogen and oxygen atoms in total. The first-order valence-electron chi connectivity index (χ1n) is 7.98. The third kappa shape index (κ3) is 3.53. The quantitative estimate of drug-likeness (QED) is 0.895. The predicted octanol–water partition coefficient (Wildman–Crippen LogP) is 2.48. The number of hydrogen-bond acceptors (Lipinski definition) is 5. The van der Waals surface area contributed by atoms with Gasteiger partial charge in [0, 0.05) is 38.7 Å². The summed E-state index contributed by atoms with van der Waals surface area (Å²) in [5.74, 6) is 0.641. The van der Waals surface area contributed by atoms with E-state index in [1.807, 2.05) is 17.8 Å². The smallest absolute Gasteiger partial charge is 0.166 e. The Morgan fingerprint density at radius 3 is 2.96 bits per heavy atom. The molecule has 1 N–H and O–H groups in total. The first-order valence-corrected chi connectivity index (χ1v) is 8.35. The molecule has 0 spiro atoms. The fourth-order valence-electron chi connectivity index (χ4n) is 3.05. The summed E-state index contributed by atoms with van der Waals surface area (Å²) >= 11 is 5.74. The summed E-state index contributed by atoms with van der Waals surface area (Å²) in [5.41, 5.74) is 0. The van der Waals surface area contributed by atoms with E-state index in [0.29, 0.717) is 13.2 Å². The summed E-state index contributed by atoms with van der Waals surface area (Å²) in [6.45, 7) is 4.92. The molecule has 3 heterocycles. The second kappa shape index (κ2) is 7.46. The lowest BCUT2D eigenvalue weighted by Crippen LogP contribution is -2.48. The van der Waals surface area contributed by atoms with Crippen LogP contribution in [0.1, 0.15) is 18.8 Å². The minimum atomic E-state index is -0.473. The van der Waals surface area contributed by atoms with Crippen molar-refractivity contribution >= 4 is 17.4 Å². The van der Waals surface area contributed by atoms with Crippen LogP contribution in [0.2, 0.25) is 5.02 Å². The maximum Gasteiger partial charge on any atom is 0.166 e. The number of rotatable bonds is 5. The SMILES string of the molecule is CCN1CCO[C@@H](CNc2ncc(Cl)cc2F)[C@@H]1c1nccn1C. The zero-order valence-electron chi connectivity index (χ0n) is 13.7. The van der Waals surface area contributed by atoms with Gasteiger partial charge in [-0.25, -0.2) is 14.4 Å². The highest BCUT2D eigenvalue weighted by molar-refractivity contribution is 6.30. The molecule has 0 saturated carbocycles. The van der Waals surface area contributed by atoms with Gasteiger partial charge in [-0.3, -0.25) is 4.90 Å². The summed E-state index contributed by atoms with van der Waals surface area (Å²) in [4.78, 5) is 10.8. The van der Waals surface area contributed by atoms with Crippen LogP contribution < -0.4 is 5.32 Å². The molecule has 1 fully saturated rings. The van der Waals surface area contributed by atoms with Gasteiger partial charge in [-0.1, -0.05) is 18.5 Å². The number of nitrogens with zero attached hydrogens (tertiary/aromatic N) is 4. The molecule has 0 unspecified atom stereocenters. The summed E-state index contributed by atoms with van der Waals surface area (Å²) in [7, 11) is 1.97. The number of hydrogen-bond donors (Lipinski definition) is 1. The Balaban J connectivity index is 1.78. The van der Waals surface area contributed by atoms with E-state index in [9.17, 15) is 4.39 Å². The van der Waals surface area contributed by atoms with Gasteiger partial charge in [0.05, 0.1) is 23.8 Å². The molecule has 0 bridgehead atoms. The number of nitrogens with one attached hydrogen (secondary N) is 1. The fraction of sp³-hybridized carbons (Fsp3) is 0.500. The lowest BCUT2D eigenvalue weighted by atomic mass is 10.1. The van der Waals surface area contributed by atoms with Crippen molar-refractivity contribution in [1.29, 1.82) is 0 Å². The Morgan fingerprint density at radius 2 is 2.29 bits per heavy atom. The Labute approximate surface area is 145 Å². The van der Waals surface area contributed by atoms with Crippen LogP contribution >= 0.6 is 11.6 Å². The van der Waals surface area contributed by atoms with Crippen LogP contribution in [0.5, 0.6) is 0 Å². The van der Waals surface area contributed by atoms with Gasteiger partial charge < -0.3 is 14.6 Å². The van der Waals surface area contributed by atoms with E-state index in [0.717, 1.165) is 18.9 Å². The van der Waals surface area contributed by atoms with Crippen LogP contribution in [-0.2, 0) is 11.8 Å². The van der Waals surface area contributed by atoms with Gasteiger partial charge in [0.15, 0.2) is 11.6 Å². The third-order valence-electron chi connectivity index (χ3n) is 4.26. The zero-order valence-corrected chi connectivity index (χ0v) is 14.5. The van der Waals surface area contributed by atoms with Gasteiger partial charge in [0.1, 0.15) is 5.82 Å². The maximum atomic E-state index is 13.9. The topological polar surface area (TPSA) is 55.2 Å². The molecule has 8 heteroatoms. The minimum Gasteiger partial charge on any atom is -0.373 e. The molecule has 2 aromatic rings. The largest absolute Gasteiger partial charge is 0.373 e. The Hall–Kier alpha value is -1.70. The number of likely N-dealkylation sites (N-methyl/N-ethyl adjacent to an activating group) is 1. The number of ether oxygens (including phenoxy) is 1. The molecule has 0 aliphatic carbocycles. The van der Waals surface area contributed by atoms with Gasteiger partial charge in [0.2, 0.25) is 0 Å². The second-order valence-corrected chi connectivity index (χ2v) is 6.18. The first-order chi connectivity index (χ1) is 11.6. The standard InChI is InChI=1S/C16H21ClFN5O/c1-3-23-6-7-24-13(14(23)16-19-4-5-22(16)2)10-21-15-12(18)8-11(17)9-20-15/h4-5,8-9,13-14H,3,6-7,10H2,1-2H3,(H,20,21)/t13-,14+/m0/s1. The van der Waals surface area contributed by atoms with Crippen molar-refractivity contribution < 1.29 is 9.13 Å². The highest BCUT2D eigenvalue weighted by atomic mass is 35.5. The van der Waals surface area contributed by atoms with E-state index < -0.39 is 5.82 Å². The van der Waals surface area contributed by atoms with Crippen LogP contribution in [0.4, 0.5) is 10.2 Å². The van der Waals surface area contributed by atoms with E-state index in [1.54, 1.807) is 6.20 Å². The third-order valence-corrected chi connectivity index (χ3v) is 4.47.